The van der Waals surface area contributed by atoms with Gasteiger partial charge in [0.05, 0.1) is 0 Å². The zero-order valence-electron chi connectivity index (χ0n) is 13.6. The zero-order chi connectivity index (χ0) is 14.8. The van der Waals surface area contributed by atoms with E-state index in [0.717, 1.165) is 38.8 Å². The molecule has 0 radical (unpaired) electrons. The molecule has 0 bridgehead atoms. The number of rotatable bonds is 10. The number of nitrogens with zero attached hydrogens (tertiary/aromatic N) is 1. The molecule has 0 aliphatic heterocycles. The average Bonchev–Trinajstić information content (AvgIpc) is 2.28. The number of hydrogen-bond donors (Lipinski definition) is 1. The Balaban J connectivity index is 4.31. The van der Waals surface area contributed by atoms with Crippen molar-refractivity contribution in [2.24, 2.45) is 17.6 Å². The van der Waals surface area contributed by atoms with Crippen molar-refractivity contribution in [2.75, 3.05) is 13.1 Å². The Morgan fingerprint density at radius 3 is 1.84 bits per heavy atom. The third-order valence-electron chi connectivity index (χ3n) is 3.40. The highest BCUT2D eigenvalue weighted by Crippen LogP contribution is 2.10. The molecule has 0 fully saturated rings. The van der Waals surface area contributed by atoms with Gasteiger partial charge in [0, 0.05) is 25.6 Å². The van der Waals surface area contributed by atoms with Gasteiger partial charge >= 0.3 is 0 Å². The Morgan fingerprint density at radius 1 is 1.00 bits per heavy atom. The lowest BCUT2D eigenvalue weighted by Crippen LogP contribution is -2.38. The summed E-state index contributed by atoms with van der Waals surface area (Å²) >= 11 is 0. The van der Waals surface area contributed by atoms with Crippen molar-refractivity contribution in [3.63, 3.8) is 0 Å². The van der Waals surface area contributed by atoms with Gasteiger partial charge in [-0.2, -0.15) is 0 Å². The van der Waals surface area contributed by atoms with Crippen molar-refractivity contribution in [1.82, 2.24) is 4.90 Å². The average molecular weight is 270 g/mol. The van der Waals surface area contributed by atoms with Gasteiger partial charge in [0.25, 0.3) is 0 Å². The highest BCUT2D eigenvalue weighted by atomic mass is 16.2. The molecule has 0 aromatic carbocycles. The first-order valence-corrected chi connectivity index (χ1v) is 7.90. The van der Waals surface area contributed by atoms with Crippen molar-refractivity contribution in [3.05, 3.63) is 0 Å². The maximum Gasteiger partial charge on any atom is 0.224 e. The van der Waals surface area contributed by atoms with E-state index in [1.54, 1.807) is 0 Å². The quantitative estimate of drug-likeness (QED) is 0.661. The summed E-state index contributed by atoms with van der Waals surface area (Å²) in [4.78, 5) is 14.3. The molecule has 2 N–H and O–H groups in total. The van der Waals surface area contributed by atoms with Crippen molar-refractivity contribution < 1.29 is 4.79 Å². The first kappa shape index (κ1) is 18.4. The molecule has 0 aliphatic rings. The SMILES string of the molecule is CCCC(N)CC(=O)N(CCC(C)C)CCC(C)C. The van der Waals surface area contributed by atoms with Crippen LogP contribution in [0.2, 0.25) is 0 Å². The van der Waals surface area contributed by atoms with Crippen molar-refractivity contribution in [3.8, 4) is 0 Å². The summed E-state index contributed by atoms with van der Waals surface area (Å²) in [7, 11) is 0. The van der Waals surface area contributed by atoms with Crippen LogP contribution < -0.4 is 5.73 Å². The molecule has 0 aromatic heterocycles. The Hall–Kier alpha value is -0.570. The standard InChI is InChI=1S/C16H34N2O/c1-6-7-15(17)12-16(19)18(10-8-13(2)3)11-9-14(4)5/h13-15H,6-12,17H2,1-5H3. The predicted molar refractivity (Wildman–Crippen MR) is 83.0 cm³/mol. The second-order valence-corrected chi connectivity index (χ2v) is 6.50. The first-order chi connectivity index (χ1) is 8.86. The highest BCUT2D eigenvalue weighted by molar-refractivity contribution is 5.76. The van der Waals surface area contributed by atoms with Crippen molar-refractivity contribution in [2.45, 2.75) is 72.8 Å². The van der Waals surface area contributed by atoms with E-state index in [4.69, 9.17) is 5.73 Å². The van der Waals surface area contributed by atoms with Crippen LogP contribution in [0.5, 0.6) is 0 Å². The minimum Gasteiger partial charge on any atom is -0.343 e. The summed E-state index contributed by atoms with van der Waals surface area (Å²) in [5, 5.41) is 0. The van der Waals surface area contributed by atoms with Crippen LogP contribution >= 0.6 is 0 Å². The second-order valence-electron chi connectivity index (χ2n) is 6.50. The Labute approximate surface area is 119 Å². The van der Waals surface area contributed by atoms with E-state index in [2.05, 4.69) is 34.6 Å². The third-order valence-corrected chi connectivity index (χ3v) is 3.40. The molecule has 3 heteroatoms. The van der Waals surface area contributed by atoms with Gasteiger partial charge in [-0.15, -0.1) is 0 Å². The van der Waals surface area contributed by atoms with E-state index in [-0.39, 0.29) is 11.9 Å². The Kier molecular flexibility index (Phi) is 9.94. The summed E-state index contributed by atoms with van der Waals surface area (Å²) in [5.74, 6) is 1.51. The summed E-state index contributed by atoms with van der Waals surface area (Å²) in [6.45, 7) is 12.7. The Morgan fingerprint density at radius 2 is 1.47 bits per heavy atom. The second kappa shape index (κ2) is 10.2. The molecule has 0 aromatic rings. The van der Waals surface area contributed by atoms with Gasteiger partial charge in [-0.3, -0.25) is 4.79 Å². The topological polar surface area (TPSA) is 46.3 Å². The van der Waals surface area contributed by atoms with Gasteiger partial charge in [-0.05, 0) is 31.1 Å². The van der Waals surface area contributed by atoms with Gasteiger partial charge in [0.1, 0.15) is 0 Å². The van der Waals surface area contributed by atoms with Crippen molar-refractivity contribution in [1.29, 1.82) is 0 Å². The van der Waals surface area contributed by atoms with Crippen molar-refractivity contribution >= 4 is 5.91 Å². The maximum atomic E-state index is 12.3. The molecule has 3 nitrogen and oxygen atoms in total. The molecule has 1 amide bonds. The molecular weight excluding hydrogens is 236 g/mol. The van der Waals surface area contributed by atoms with Gasteiger partial charge in [-0.1, -0.05) is 41.0 Å². The summed E-state index contributed by atoms with van der Waals surface area (Å²) in [6, 6.07) is 0.0260. The van der Waals surface area contributed by atoms with E-state index in [1.807, 2.05) is 4.90 Å². The van der Waals surface area contributed by atoms with E-state index in [0.29, 0.717) is 18.3 Å². The van der Waals surface area contributed by atoms with E-state index in [1.165, 1.54) is 0 Å². The fourth-order valence-electron chi connectivity index (χ4n) is 2.02. The lowest BCUT2D eigenvalue weighted by Gasteiger charge is -2.26. The van der Waals surface area contributed by atoms with Gasteiger partial charge < -0.3 is 10.6 Å². The number of nitrogens with two attached hydrogens (primary N) is 1. The fraction of sp³-hybridized carbons (Fsp3) is 0.938. The normalized spacial score (nSPS) is 13.1. The number of amides is 1. The molecule has 114 valence electrons. The highest BCUT2D eigenvalue weighted by Gasteiger charge is 2.17. The first-order valence-electron chi connectivity index (χ1n) is 7.90. The van der Waals surface area contributed by atoms with E-state index in [9.17, 15) is 4.79 Å². The van der Waals surface area contributed by atoms with Crippen LogP contribution in [0.25, 0.3) is 0 Å². The number of carbonyl (C=O) groups is 1. The van der Waals surface area contributed by atoms with Crippen LogP contribution in [-0.4, -0.2) is 29.9 Å². The monoisotopic (exact) mass is 270 g/mol. The molecular formula is C16H34N2O. The fourth-order valence-corrected chi connectivity index (χ4v) is 2.02. The molecule has 0 saturated carbocycles. The van der Waals surface area contributed by atoms with Crippen LogP contribution in [0, 0.1) is 11.8 Å². The molecule has 0 spiro atoms. The predicted octanol–water partition coefficient (Wildman–Crippen LogP) is 3.42. The van der Waals surface area contributed by atoms with Crippen LogP contribution in [0.4, 0.5) is 0 Å². The molecule has 0 heterocycles. The summed E-state index contributed by atoms with van der Waals surface area (Å²) in [6.07, 6.45) is 4.64. The summed E-state index contributed by atoms with van der Waals surface area (Å²) < 4.78 is 0. The van der Waals surface area contributed by atoms with Crippen LogP contribution in [0.15, 0.2) is 0 Å². The van der Waals surface area contributed by atoms with E-state index >= 15 is 0 Å². The Bertz CT molecular complexity index is 227. The largest absolute Gasteiger partial charge is 0.343 e. The molecule has 0 rings (SSSR count). The van der Waals surface area contributed by atoms with E-state index < -0.39 is 0 Å². The van der Waals surface area contributed by atoms with Crippen LogP contribution in [0.1, 0.15) is 66.7 Å². The molecule has 19 heavy (non-hydrogen) atoms. The number of carbonyl (C=O) groups excluding carboxylic acids is 1. The smallest absolute Gasteiger partial charge is 0.224 e. The zero-order valence-corrected chi connectivity index (χ0v) is 13.6. The molecule has 1 atom stereocenters. The molecule has 0 saturated heterocycles. The van der Waals surface area contributed by atoms with Crippen LogP contribution in [0.3, 0.4) is 0 Å². The molecule has 1 unspecified atom stereocenters. The van der Waals surface area contributed by atoms with Crippen LogP contribution in [-0.2, 0) is 4.79 Å². The third kappa shape index (κ3) is 9.94. The van der Waals surface area contributed by atoms with Gasteiger partial charge in [-0.25, -0.2) is 0 Å². The van der Waals surface area contributed by atoms with Gasteiger partial charge in [0.15, 0.2) is 0 Å². The van der Waals surface area contributed by atoms with Gasteiger partial charge in [0.2, 0.25) is 5.91 Å². The maximum absolute atomic E-state index is 12.3. The minimum atomic E-state index is 0.0260. The molecule has 0 aliphatic carbocycles. The lowest BCUT2D eigenvalue weighted by atomic mass is 10.1. The summed E-state index contributed by atoms with van der Waals surface area (Å²) in [5.41, 5.74) is 5.99. The number of hydrogen-bond acceptors (Lipinski definition) is 2. The minimum absolute atomic E-state index is 0.0260. The lowest BCUT2D eigenvalue weighted by molar-refractivity contribution is -0.131.